The van der Waals surface area contributed by atoms with Crippen molar-refractivity contribution in [2.75, 3.05) is 12.9 Å². The summed E-state index contributed by atoms with van der Waals surface area (Å²) in [7, 11) is 1.69. The Labute approximate surface area is 107 Å². The molecule has 17 heavy (non-hydrogen) atoms. The molecule has 1 aliphatic rings. The molecule has 2 rings (SSSR count). The molecule has 1 aromatic carbocycles. The lowest BCUT2D eigenvalue weighted by Gasteiger charge is -2.21. The van der Waals surface area contributed by atoms with E-state index >= 15 is 0 Å². The lowest BCUT2D eigenvalue weighted by Crippen LogP contribution is -2.13. The van der Waals surface area contributed by atoms with Gasteiger partial charge in [-0.15, -0.1) is 0 Å². The molecule has 3 heteroatoms. The third-order valence-electron chi connectivity index (χ3n) is 3.42. The number of rotatable bonds is 3. The van der Waals surface area contributed by atoms with Gasteiger partial charge < -0.3 is 9.84 Å². The highest BCUT2D eigenvalue weighted by atomic mass is 32.2. The van der Waals surface area contributed by atoms with Crippen molar-refractivity contribution < 1.29 is 9.84 Å². The second-order valence-corrected chi connectivity index (χ2v) is 6.02. The Morgan fingerprint density at radius 2 is 2.12 bits per heavy atom. The van der Waals surface area contributed by atoms with Crippen molar-refractivity contribution in [1.82, 2.24) is 0 Å². The number of aliphatic hydroxyl groups excluding tert-OH is 1. The lowest BCUT2D eigenvalue weighted by atomic mass is 9.96. The van der Waals surface area contributed by atoms with E-state index < -0.39 is 0 Å². The highest BCUT2D eigenvalue weighted by Crippen LogP contribution is 2.38. The van der Waals surface area contributed by atoms with Crippen molar-refractivity contribution in [3.63, 3.8) is 0 Å². The van der Waals surface area contributed by atoms with E-state index in [0.29, 0.717) is 5.25 Å². The standard InChI is InChI=1S/C14H20O2S/c1-9-8-12(16-3)10(2)7-11(9)14(15)13-5-4-6-17-13/h7-8,13-15H,4-6H2,1-3H3. The van der Waals surface area contributed by atoms with Crippen molar-refractivity contribution in [2.24, 2.45) is 0 Å². The number of methoxy groups -OCH3 is 1. The molecule has 1 fully saturated rings. The molecule has 1 aromatic rings. The highest BCUT2D eigenvalue weighted by Gasteiger charge is 2.26. The van der Waals surface area contributed by atoms with Crippen LogP contribution in [-0.2, 0) is 0 Å². The van der Waals surface area contributed by atoms with Crippen LogP contribution in [0.25, 0.3) is 0 Å². The average molecular weight is 252 g/mol. The number of ether oxygens (including phenoxy) is 1. The lowest BCUT2D eigenvalue weighted by molar-refractivity contribution is 0.172. The van der Waals surface area contributed by atoms with E-state index in [0.717, 1.165) is 28.9 Å². The van der Waals surface area contributed by atoms with E-state index in [-0.39, 0.29) is 6.10 Å². The van der Waals surface area contributed by atoms with Crippen molar-refractivity contribution >= 4 is 11.8 Å². The number of thioether (sulfide) groups is 1. The van der Waals surface area contributed by atoms with Crippen molar-refractivity contribution in [2.45, 2.75) is 38.0 Å². The summed E-state index contributed by atoms with van der Waals surface area (Å²) in [5.74, 6) is 2.08. The van der Waals surface area contributed by atoms with Crippen LogP contribution in [0.2, 0.25) is 0 Å². The predicted octanol–water partition coefficient (Wildman–Crippen LogP) is 3.24. The van der Waals surface area contributed by atoms with Crippen LogP contribution < -0.4 is 4.74 Å². The number of aryl methyl sites for hydroxylation is 2. The molecule has 0 saturated carbocycles. The normalized spacial score (nSPS) is 21.5. The van der Waals surface area contributed by atoms with Crippen LogP contribution in [0.15, 0.2) is 12.1 Å². The smallest absolute Gasteiger partial charge is 0.122 e. The Hall–Kier alpha value is -0.670. The fourth-order valence-corrected chi connectivity index (χ4v) is 3.70. The zero-order chi connectivity index (χ0) is 12.4. The summed E-state index contributed by atoms with van der Waals surface area (Å²) in [5.41, 5.74) is 3.27. The van der Waals surface area contributed by atoms with Gasteiger partial charge in [0.05, 0.1) is 13.2 Å². The van der Waals surface area contributed by atoms with E-state index in [1.807, 2.05) is 31.7 Å². The predicted molar refractivity (Wildman–Crippen MR) is 72.9 cm³/mol. The molecule has 94 valence electrons. The first kappa shape index (κ1) is 12.8. The largest absolute Gasteiger partial charge is 0.496 e. The molecule has 1 saturated heterocycles. The summed E-state index contributed by atoms with van der Waals surface area (Å²) in [6.07, 6.45) is 2.00. The minimum Gasteiger partial charge on any atom is -0.496 e. The van der Waals surface area contributed by atoms with Gasteiger partial charge in [0.15, 0.2) is 0 Å². The molecule has 2 atom stereocenters. The van der Waals surface area contributed by atoms with Crippen LogP contribution in [0.1, 0.15) is 35.6 Å². The second-order valence-electron chi connectivity index (χ2n) is 4.67. The van der Waals surface area contributed by atoms with Gasteiger partial charge in [-0.25, -0.2) is 0 Å². The van der Waals surface area contributed by atoms with Gasteiger partial charge in [-0.2, -0.15) is 11.8 Å². The zero-order valence-electron chi connectivity index (χ0n) is 10.7. The summed E-state index contributed by atoms with van der Waals surface area (Å²) >= 11 is 1.89. The van der Waals surface area contributed by atoms with Crippen molar-refractivity contribution in [3.8, 4) is 5.75 Å². The van der Waals surface area contributed by atoms with Gasteiger partial charge in [-0.05, 0) is 61.3 Å². The van der Waals surface area contributed by atoms with Gasteiger partial charge in [0.25, 0.3) is 0 Å². The number of benzene rings is 1. The van der Waals surface area contributed by atoms with E-state index in [4.69, 9.17) is 4.74 Å². The minimum absolute atomic E-state index is 0.341. The van der Waals surface area contributed by atoms with E-state index in [9.17, 15) is 5.11 Å². The van der Waals surface area contributed by atoms with E-state index in [1.165, 1.54) is 12.2 Å². The Bertz CT molecular complexity index is 397. The summed E-state index contributed by atoms with van der Waals surface area (Å²) < 4.78 is 5.30. The molecule has 0 spiro atoms. The van der Waals surface area contributed by atoms with Crippen LogP contribution in [0.5, 0.6) is 5.75 Å². The summed E-state index contributed by atoms with van der Waals surface area (Å²) in [4.78, 5) is 0. The Morgan fingerprint density at radius 1 is 1.35 bits per heavy atom. The van der Waals surface area contributed by atoms with Gasteiger partial charge in [-0.3, -0.25) is 0 Å². The van der Waals surface area contributed by atoms with E-state index in [2.05, 4.69) is 6.07 Å². The van der Waals surface area contributed by atoms with Gasteiger partial charge in [0, 0.05) is 5.25 Å². The molecule has 1 aliphatic heterocycles. The number of aliphatic hydroxyl groups is 1. The maximum Gasteiger partial charge on any atom is 0.122 e. The molecule has 0 aromatic heterocycles. The Morgan fingerprint density at radius 3 is 2.71 bits per heavy atom. The number of hydrogen-bond donors (Lipinski definition) is 1. The van der Waals surface area contributed by atoms with Gasteiger partial charge in [0.2, 0.25) is 0 Å². The zero-order valence-corrected chi connectivity index (χ0v) is 11.5. The first-order valence-electron chi connectivity index (χ1n) is 6.08. The molecule has 0 aliphatic carbocycles. The quantitative estimate of drug-likeness (QED) is 0.895. The summed E-state index contributed by atoms with van der Waals surface area (Å²) in [6, 6.07) is 4.09. The molecule has 1 N–H and O–H groups in total. The maximum absolute atomic E-state index is 10.4. The van der Waals surface area contributed by atoms with Crippen LogP contribution in [-0.4, -0.2) is 23.2 Å². The van der Waals surface area contributed by atoms with Gasteiger partial charge in [0.1, 0.15) is 5.75 Å². The molecule has 1 heterocycles. The third-order valence-corrected chi connectivity index (χ3v) is 4.87. The molecule has 0 radical (unpaired) electrons. The summed E-state index contributed by atoms with van der Waals surface area (Å²) in [6.45, 7) is 4.07. The van der Waals surface area contributed by atoms with Crippen LogP contribution in [0, 0.1) is 13.8 Å². The highest BCUT2D eigenvalue weighted by molar-refractivity contribution is 8.00. The first-order valence-corrected chi connectivity index (χ1v) is 7.13. The topological polar surface area (TPSA) is 29.5 Å². The summed E-state index contributed by atoms with van der Waals surface area (Å²) in [5, 5.41) is 10.8. The monoisotopic (exact) mass is 252 g/mol. The molecular weight excluding hydrogens is 232 g/mol. The van der Waals surface area contributed by atoms with Gasteiger partial charge >= 0.3 is 0 Å². The van der Waals surface area contributed by atoms with Crippen molar-refractivity contribution in [3.05, 3.63) is 28.8 Å². The first-order chi connectivity index (χ1) is 8.13. The fourth-order valence-electron chi connectivity index (χ4n) is 2.40. The Kier molecular flexibility index (Phi) is 4.00. The SMILES string of the molecule is COc1cc(C)c(C(O)C2CCCS2)cc1C. The maximum atomic E-state index is 10.4. The van der Waals surface area contributed by atoms with Crippen molar-refractivity contribution in [1.29, 1.82) is 0 Å². The molecular formula is C14H20O2S. The van der Waals surface area contributed by atoms with Crippen LogP contribution in [0.3, 0.4) is 0 Å². The molecule has 2 unspecified atom stereocenters. The second kappa shape index (κ2) is 5.32. The third kappa shape index (κ3) is 2.61. The Balaban J connectivity index is 2.28. The average Bonchev–Trinajstić information content (AvgIpc) is 2.84. The van der Waals surface area contributed by atoms with Crippen LogP contribution >= 0.6 is 11.8 Å². The fraction of sp³-hybridized carbons (Fsp3) is 0.571. The van der Waals surface area contributed by atoms with E-state index in [1.54, 1.807) is 7.11 Å². The van der Waals surface area contributed by atoms with Crippen LogP contribution in [0.4, 0.5) is 0 Å². The molecule has 0 amide bonds. The minimum atomic E-state index is -0.341. The molecule has 2 nitrogen and oxygen atoms in total. The molecule has 0 bridgehead atoms. The number of hydrogen-bond acceptors (Lipinski definition) is 3. The van der Waals surface area contributed by atoms with Gasteiger partial charge in [-0.1, -0.05) is 0 Å².